The monoisotopic (exact) mass is 211 g/mol. The molecule has 3 heteroatoms. The van der Waals surface area contributed by atoms with Crippen LogP contribution in [0, 0.1) is 0 Å². The van der Waals surface area contributed by atoms with Gasteiger partial charge in [0.25, 0.3) is 0 Å². The van der Waals surface area contributed by atoms with E-state index in [9.17, 15) is 4.79 Å². The zero-order valence-corrected chi connectivity index (χ0v) is 10.1. The standard InChI is InChI=1S/C12H21NO2/c1-9(2)13-7-5-6-11(10(13)3)8-12(14)15-4/h8-10H,5-7H2,1-4H3/b11-8+. The van der Waals surface area contributed by atoms with Gasteiger partial charge in [-0.15, -0.1) is 0 Å². The van der Waals surface area contributed by atoms with Crippen LogP contribution in [0.2, 0.25) is 0 Å². The van der Waals surface area contributed by atoms with Gasteiger partial charge in [0.1, 0.15) is 0 Å². The molecule has 0 aromatic carbocycles. The third-order valence-corrected chi connectivity index (χ3v) is 3.08. The van der Waals surface area contributed by atoms with Crippen LogP contribution in [-0.2, 0) is 9.53 Å². The zero-order chi connectivity index (χ0) is 11.4. The van der Waals surface area contributed by atoms with Crippen molar-refractivity contribution in [3.63, 3.8) is 0 Å². The average Bonchev–Trinajstić information content (AvgIpc) is 2.20. The molecule has 1 aliphatic heterocycles. The number of rotatable bonds is 2. The topological polar surface area (TPSA) is 29.5 Å². The van der Waals surface area contributed by atoms with Crippen LogP contribution >= 0.6 is 0 Å². The molecule has 1 fully saturated rings. The molecule has 1 heterocycles. The van der Waals surface area contributed by atoms with Crippen molar-refractivity contribution in [1.82, 2.24) is 4.90 Å². The smallest absolute Gasteiger partial charge is 0.330 e. The number of hydrogen-bond acceptors (Lipinski definition) is 3. The second-order valence-electron chi connectivity index (χ2n) is 4.35. The lowest BCUT2D eigenvalue weighted by Crippen LogP contribution is -2.43. The summed E-state index contributed by atoms with van der Waals surface area (Å²) in [7, 11) is 1.42. The van der Waals surface area contributed by atoms with Crippen LogP contribution in [0.1, 0.15) is 33.6 Å². The summed E-state index contributed by atoms with van der Waals surface area (Å²) in [6.07, 6.45) is 3.80. The van der Waals surface area contributed by atoms with E-state index in [1.54, 1.807) is 6.08 Å². The van der Waals surface area contributed by atoms with Crippen LogP contribution in [0.15, 0.2) is 11.6 Å². The maximum Gasteiger partial charge on any atom is 0.330 e. The van der Waals surface area contributed by atoms with Gasteiger partial charge in [0.15, 0.2) is 0 Å². The van der Waals surface area contributed by atoms with Crippen LogP contribution in [0.3, 0.4) is 0 Å². The summed E-state index contributed by atoms with van der Waals surface area (Å²) in [4.78, 5) is 13.6. The molecule has 1 atom stereocenters. The van der Waals surface area contributed by atoms with Crippen molar-refractivity contribution in [2.24, 2.45) is 0 Å². The van der Waals surface area contributed by atoms with E-state index in [0.717, 1.165) is 19.4 Å². The third-order valence-electron chi connectivity index (χ3n) is 3.08. The normalized spacial score (nSPS) is 25.9. The predicted molar refractivity (Wildman–Crippen MR) is 60.6 cm³/mol. The first-order valence-corrected chi connectivity index (χ1v) is 5.60. The summed E-state index contributed by atoms with van der Waals surface area (Å²) in [6.45, 7) is 7.67. The molecule has 0 bridgehead atoms. The highest BCUT2D eigenvalue weighted by atomic mass is 16.5. The first-order chi connectivity index (χ1) is 7.06. The predicted octanol–water partition coefficient (Wildman–Crippen LogP) is 1.98. The van der Waals surface area contributed by atoms with Crippen molar-refractivity contribution < 1.29 is 9.53 Å². The minimum absolute atomic E-state index is 0.234. The molecule has 86 valence electrons. The van der Waals surface area contributed by atoms with E-state index < -0.39 is 0 Å². The summed E-state index contributed by atoms with van der Waals surface area (Å²) in [5, 5.41) is 0. The molecule has 1 saturated heterocycles. The Hall–Kier alpha value is -0.830. The van der Waals surface area contributed by atoms with Crippen molar-refractivity contribution in [3.8, 4) is 0 Å². The minimum atomic E-state index is -0.234. The highest BCUT2D eigenvalue weighted by molar-refractivity contribution is 5.82. The van der Waals surface area contributed by atoms with E-state index in [-0.39, 0.29) is 5.97 Å². The summed E-state index contributed by atoms with van der Waals surface area (Å²) in [5.74, 6) is -0.234. The molecule has 0 amide bonds. The Morgan fingerprint density at radius 3 is 2.80 bits per heavy atom. The van der Waals surface area contributed by atoms with E-state index >= 15 is 0 Å². The SMILES string of the molecule is COC(=O)/C=C1\CCCN(C(C)C)C1C. The van der Waals surface area contributed by atoms with Gasteiger partial charge in [0.2, 0.25) is 0 Å². The van der Waals surface area contributed by atoms with Gasteiger partial charge in [0.05, 0.1) is 7.11 Å². The summed E-state index contributed by atoms with van der Waals surface area (Å²) < 4.78 is 4.66. The lowest BCUT2D eigenvalue weighted by molar-refractivity contribution is -0.134. The lowest BCUT2D eigenvalue weighted by Gasteiger charge is -2.38. The number of hydrogen-bond donors (Lipinski definition) is 0. The molecular formula is C12H21NO2. The molecule has 1 aliphatic rings. The van der Waals surface area contributed by atoms with Gasteiger partial charge in [-0.1, -0.05) is 0 Å². The first-order valence-electron chi connectivity index (χ1n) is 5.60. The Bertz CT molecular complexity index is 258. The van der Waals surface area contributed by atoms with Crippen LogP contribution in [0.4, 0.5) is 0 Å². The Balaban J connectivity index is 2.74. The van der Waals surface area contributed by atoms with Crippen molar-refractivity contribution >= 4 is 5.97 Å². The lowest BCUT2D eigenvalue weighted by atomic mass is 9.95. The summed E-state index contributed by atoms with van der Waals surface area (Å²) in [5.41, 5.74) is 1.20. The van der Waals surface area contributed by atoms with E-state index in [2.05, 4.69) is 30.4 Å². The molecular weight excluding hydrogens is 190 g/mol. The molecule has 1 unspecified atom stereocenters. The average molecular weight is 211 g/mol. The fourth-order valence-electron chi connectivity index (χ4n) is 2.19. The largest absolute Gasteiger partial charge is 0.466 e. The maximum atomic E-state index is 11.2. The van der Waals surface area contributed by atoms with Crippen LogP contribution < -0.4 is 0 Å². The van der Waals surface area contributed by atoms with Crippen molar-refractivity contribution in [2.75, 3.05) is 13.7 Å². The van der Waals surface area contributed by atoms with Crippen LogP contribution in [0.5, 0.6) is 0 Å². The van der Waals surface area contributed by atoms with Crippen molar-refractivity contribution in [2.45, 2.75) is 45.7 Å². The van der Waals surface area contributed by atoms with Gasteiger partial charge in [-0.25, -0.2) is 4.79 Å². The van der Waals surface area contributed by atoms with E-state index in [1.165, 1.54) is 12.7 Å². The number of carbonyl (C=O) groups is 1. The van der Waals surface area contributed by atoms with Gasteiger partial charge >= 0.3 is 5.97 Å². The zero-order valence-electron chi connectivity index (χ0n) is 10.1. The van der Waals surface area contributed by atoms with E-state index in [4.69, 9.17) is 0 Å². The molecule has 0 saturated carbocycles. The number of nitrogens with zero attached hydrogens (tertiary/aromatic N) is 1. The number of methoxy groups -OCH3 is 1. The van der Waals surface area contributed by atoms with Gasteiger partial charge < -0.3 is 4.74 Å². The van der Waals surface area contributed by atoms with Crippen molar-refractivity contribution in [1.29, 1.82) is 0 Å². The van der Waals surface area contributed by atoms with Gasteiger partial charge in [-0.2, -0.15) is 0 Å². The third kappa shape index (κ3) is 3.06. The molecule has 0 aliphatic carbocycles. The van der Waals surface area contributed by atoms with Gasteiger partial charge in [0, 0.05) is 18.2 Å². The number of carbonyl (C=O) groups excluding carboxylic acids is 1. The number of piperidine rings is 1. The second kappa shape index (κ2) is 5.31. The Labute approximate surface area is 92.1 Å². The summed E-state index contributed by atoms with van der Waals surface area (Å²) >= 11 is 0. The highest BCUT2D eigenvalue weighted by Gasteiger charge is 2.24. The minimum Gasteiger partial charge on any atom is -0.466 e. The summed E-state index contributed by atoms with van der Waals surface area (Å²) in [6, 6.07) is 0.888. The van der Waals surface area contributed by atoms with Crippen LogP contribution in [0.25, 0.3) is 0 Å². The van der Waals surface area contributed by atoms with Crippen molar-refractivity contribution in [3.05, 3.63) is 11.6 Å². The number of likely N-dealkylation sites (tertiary alicyclic amines) is 1. The highest BCUT2D eigenvalue weighted by Crippen LogP contribution is 2.24. The Morgan fingerprint density at radius 1 is 1.60 bits per heavy atom. The quantitative estimate of drug-likeness (QED) is 0.516. The second-order valence-corrected chi connectivity index (χ2v) is 4.35. The molecule has 1 rings (SSSR count). The molecule has 15 heavy (non-hydrogen) atoms. The first kappa shape index (κ1) is 12.2. The van der Waals surface area contributed by atoms with E-state index in [0.29, 0.717) is 12.1 Å². The molecule has 0 spiro atoms. The fourth-order valence-corrected chi connectivity index (χ4v) is 2.19. The van der Waals surface area contributed by atoms with E-state index in [1.807, 2.05) is 0 Å². The molecule has 3 nitrogen and oxygen atoms in total. The fraction of sp³-hybridized carbons (Fsp3) is 0.750. The Morgan fingerprint density at radius 2 is 2.27 bits per heavy atom. The van der Waals surface area contributed by atoms with Gasteiger partial charge in [-0.3, -0.25) is 4.90 Å². The number of esters is 1. The van der Waals surface area contributed by atoms with Crippen LogP contribution in [-0.4, -0.2) is 36.6 Å². The molecule has 0 N–H and O–H groups in total. The number of ether oxygens (including phenoxy) is 1. The molecule has 0 aromatic rings. The molecule has 0 aromatic heterocycles. The Kier molecular flexibility index (Phi) is 4.33. The molecule has 0 radical (unpaired) electrons. The maximum absolute atomic E-state index is 11.2. The van der Waals surface area contributed by atoms with Gasteiger partial charge in [-0.05, 0) is 45.7 Å².